The number of amides is 3. The van der Waals surface area contributed by atoms with Crippen molar-refractivity contribution in [3.8, 4) is 0 Å². The van der Waals surface area contributed by atoms with Crippen molar-refractivity contribution < 1.29 is 14.4 Å². The molecule has 2 aliphatic rings. The second-order valence-electron chi connectivity index (χ2n) is 7.35. The zero-order valence-electron chi connectivity index (χ0n) is 16.0. The normalized spacial score (nSPS) is 25.5. The van der Waals surface area contributed by atoms with Gasteiger partial charge < -0.3 is 21.3 Å². The molecule has 0 bridgehead atoms. The van der Waals surface area contributed by atoms with Gasteiger partial charge in [0.2, 0.25) is 17.7 Å². The van der Waals surface area contributed by atoms with Crippen molar-refractivity contribution in [1.82, 2.24) is 21.3 Å². The molecule has 30 heavy (non-hydrogen) atoms. The van der Waals surface area contributed by atoms with Crippen LogP contribution in [0.2, 0.25) is 5.02 Å². The molecule has 4 atom stereocenters. The third-order valence-electron chi connectivity index (χ3n) is 5.23. The van der Waals surface area contributed by atoms with Crippen LogP contribution in [-0.2, 0) is 20.9 Å². The Morgan fingerprint density at radius 3 is 2.63 bits per heavy atom. The minimum atomic E-state index is -0.757. The number of nitrogens with one attached hydrogen (secondary N) is 5. The maximum absolute atomic E-state index is 12.8. The molecule has 0 radical (unpaired) electrons. The molecular weight excluding hydrogens is 406 g/mol. The van der Waals surface area contributed by atoms with Crippen LogP contribution in [0.5, 0.6) is 0 Å². The summed E-state index contributed by atoms with van der Waals surface area (Å²) in [6.07, 6.45) is -1.32. The summed E-state index contributed by atoms with van der Waals surface area (Å²) >= 11 is 6.00. The number of rotatable bonds is 5. The molecule has 0 aromatic heterocycles. The predicted molar refractivity (Wildman–Crippen MR) is 112 cm³/mol. The van der Waals surface area contributed by atoms with Crippen molar-refractivity contribution >= 4 is 35.0 Å². The Kier molecular flexibility index (Phi) is 5.87. The smallest absolute Gasteiger partial charge is 0.229 e. The van der Waals surface area contributed by atoms with E-state index >= 15 is 0 Å². The first-order valence-corrected chi connectivity index (χ1v) is 10.1. The molecule has 0 saturated carbocycles. The highest BCUT2D eigenvalue weighted by molar-refractivity contribution is 6.30. The van der Waals surface area contributed by atoms with Gasteiger partial charge in [0.05, 0.1) is 18.0 Å². The highest BCUT2D eigenvalue weighted by Gasteiger charge is 2.48. The van der Waals surface area contributed by atoms with E-state index in [-0.39, 0.29) is 24.1 Å². The monoisotopic (exact) mass is 427 g/mol. The van der Waals surface area contributed by atoms with Crippen LogP contribution in [0.25, 0.3) is 0 Å². The quantitative estimate of drug-likeness (QED) is 0.491. The molecule has 5 N–H and O–H groups in total. The summed E-state index contributed by atoms with van der Waals surface area (Å²) in [4.78, 5) is 37.9. The molecule has 2 fully saturated rings. The van der Waals surface area contributed by atoms with Crippen molar-refractivity contribution in [3.63, 3.8) is 0 Å². The van der Waals surface area contributed by atoms with E-state index in [0.717, 1.165) is 5.56 Å². The molecule has 4 unspecified atom stereocenters. The van der Waals surface area contributed by atoms with Crippen LogP contribution < -0.4 is 26.6 Å². The lowest BCUT2D eigenvalue weighted by atomic mass is 9.81. The van der Waals surface area contributed by atoms with Gasteiger partial charge in [0.1, 0.15) is 0 Å². The van der Waals surface area contributed by atoms with Crippen molar-refractivity contribution in [2.45, 2.75) is 25.4 Å². The van der Waals surface area contributed by atoms with Gasteiger partial charge in [-0.1, -0.05) is 48.0 Å². The van der Waals surface area contributed by atoms with Gasteiger partial charge >= 0.3 is 0 Å². The Bertz CT molecular complexity index is 955. The standard InChI is InChI=1S/C21H22ClN5O3/c22-13-7-4-8-14(9-13)24-21-26-18-17(20(30)27-21)15(10-16(28)25-18)19(29)23-11-12-5-2-1-3-6-12/h1-9,15,17-18,21,24,26H,10-11H2,(H,23,29)(H,25,28)(H,27,30). The fraction of sp³-hybridized carbons (Fsp3) is 0.286. The molecule has 3 amide bonds. The Balaban J connectivity index is 1.43. The highest BCUT2D eigenvalue weighted by atomic mass is 35.5. The third-order valence-corrected chi connectivity index (χ3v) is 5.47. The topological polar surface area (TPSA) is 111 Å². The first-order chi connectivity index (χ1) is 14.5. The van der Waals surface area contributed by atoms with Crippen molar-refractivity contribution in [1.29, 1.82) is 0 Å². The molecule has 2 aromatic rings. The van der Waals surface area contributed by atoms with Crippen molar-refractivity contribution in [2.75, 3.05) is 5.32 Å². The van der Waals surface area contributed by atoms with E-state index in [1.807, 2.05) is 36.4 Å². The van der Waals surface area contributed by atoms with Gasteiger partial charge in [0.15, 0.2) is 6.29 Å². The molecule has 2 saturated heterocycles. The average Bonchev–Trinajstić information content (AvgIpc) is 2.72. The van der Waals surface area contributed by atoms with Crippen LogP contribution in [0.3, 0.4) is 0 Å². The largest absolute Gasteiger partial charge is 0.353 e. The van der Waals surface area contributed by atoms with E-state index < -0.39 is 24.3 Å². The number of benzene rings is 2. The summed E-state index contributed by atoms with van der Waals surface area (Å²) in [5.41, 5.74) is 1.65. The van der Waals surface area contributed by atoms with Gasteiger partial charge in [-0.25, -0.2) is 0 Å². The van der Waals surface area contributed by atoms with Crippen LogP contribution in [-0.4, -0.2) is 30.2 Å². The summed E-state index contributed by atoms with van der Waals surface area (Å²) in [5.74, 6) is -2.37. The minimum Gasteiger partial charge on any atom is -0.353 e. The lowest BCUT2D eigenvalue weighted by Crippen LogP contribution is -2.72. The molecule has 0 spiro atoms. The Morgan fingerprint density at radius 1 is 1.07 bits per heavy atom. The highest BCUT2D eigenvalue weighted by Crippen LogP contribution is 2.27. The summed E-state index contributed by atoms with van der Waals surface area (Å²) in [7, 11) is 0. The van der Waals surface area contributed by atoms with E-state index in [4.69, 9.17) is 11.6 Å². The van der Waals surface area contributed by atoms with Crippen LogP contribution in [0.15, 0.2) is 54.6 Å². The Hall–Kier alpha value is -3.10. The van der Waals surface area contributed by atoms with Crippen molar-refractivity contribution in [2.24, 2.45) is 11.8 Å². The molecule has 8 nitrogen and oxygen atoms in total. The van der Waals surface area contributed by atoms with Gasteiger partial charge in [-0.2, -0.15) is 0 Å². The molecule has 2 aliphatic heterocycles. The zero-order valence-corrected chi connectivity index (χ0v) is 16.8. The van der Waals surface area contributed by atoms with Crippen molar-refractivity contribution in [3.05, 3.63) is 65.2 Å². The maximum Gasteiger partial charge on any atom is 0.229 e. The van der Waals surface area contributed by atoms with Gasteiger partial charge in [-0.3, -0.25) is 19.7 Å². The summed E-state index contributed by atoms with van der Waals surface area (Å²) in [5, 5.41) is 15.3. The predicted octanol–water partition coefficient (Wildman–Crippen LogP) is 1.15. The zero-order chi connectivity index (χ0) is 21.1. The summed E-state index contributed by atoms with van der Waals surface area (Å²) in [6.45, 7) is 0.336. The fourth-order valence-electron chi connectivity index (χ4n) is 3.81. The molecule has 156 valence electrons. The van der Waals surface area contributed by atoms with Crippen LogP contribution in [0.4, 0.5) is 5.69 Å². The van der Waals surface area contributed by atoms with Crippen LogP contribution >= 0.6 is 11.6 Å². The number of hydrogen-bond acceptors (Lipinski definition) is 5. The first-order valence-electron chi connectivity index (χ1n) is 9.69. The van der Waals surface area contributed by atoms with E-state index in [1.54, 1.807) is 18.2 Å². The molecule has 9 heteroatoms. The van der Waals surface area contributed by atoms with Crippen LogP contribution in [0.1, 0.15) is 12.0 Å². The maximum atomic E-state index is 12.8. The lowest BCUT2D eigenvalue weighted by Gasteiger charge is -2.43. The Morgan fingerprint density at radius 2 is 1.87 bits per heavy atom. The summed E-state index contributed by atoms with van der Waals surface area (Å²) < 4.78 is 0. The van der Waals surface area contributed by atoms with E-state index in [1.165, 1.54) is 0 Å². The SMILES string of the molecule is O=C1CC(C(=O)NCc2ccccc2)C2C(=O)NC(Nc3cccc(Cl)c3)NC2N1. The minimum absolute atomic E-state index is 0.0384. The summed E-state index contributed by atoms with van der Waals surface area (Å²) in [6, 6.07) is 16.5. The average molecular weight is 428 g/mol. The fourth-order valence-corrected chi connectivity index (χ4v) is 4.01. The number of piperidine rings is 1. The van der Waals surface area contributed by atoms with Crippen LogP contribution in [0, 0.1) is 11.8 Å². The Labute approximate surface area is 178 Å². The van der Waals surface area contributed by atoms with E-state index in [9.17, 15) is 14.4 Å². The molecule has 0 aliphatic carbocycles. The molecule has 4 rings (SSSR count). The lowest BCUT2D eigenvalue weighted by molar-refractivity contribution is -0.146. The number of hydrogen-bond donors (Lipinski definition) is 5. The molecule has 2 aromatic carbocycles. The third kappa shape index (κ3) is 4.55. The number of anilines is 1. The van der Waals surface area contributed by atoms with Gasteiger partial charge in [0.25, 0.3) is 0 Å². The number of halogens is 1. The second-order valence-corrected chi connectivity index (χ2v) is 7.78. The van der Waals surface area contributed by atoms with E-state index in [2.05, 4.69) is 26.6 Å². The van der Waals surface area contributed by atoms with Gasteiger partial charge in [-0.15, -0.1) is 0 Å². The number of carbonyl (C=O) groups excluding carboxylic acids is 3. The molecule has 2 heterocycles. The number of carbonyl (C=O) groups is 3. The van der Waals surface area contributed by atoms with Gasteiger partial charge in [-0.05, 0) is 23.8 Å². The first kappa shape index (κ1) is 20.2. The van der Waals surface area contributed by atoms with Gasteiger partial charge in [0, 0.05) is 23.7 Å². The van der Waals surface area contributed by atoms with E-state index in [0.29, 0.717) is 17.3 Å². The number of fused-ring (bicyclic) bond motifs is 1. The second kappa shape index (κ2) is 8.73. The molecular formula is C21H22ClN5O3.